The van der Waals surface area contributed by atoms with E-state index >= 15 is 0 Å². The van der Waals surface area contributed by atoms with E-state index in [1.54, 1.807) is 0 Å². The number of carbonyl (C=O) groups is 5. The Bertz CT molecular complexity index is 1880. The molecule has 24 nitrogen and oxygen atoms in total. The molecule has 24 heteroatoms. The van der Waals surface area contributed by atoms with Crippen LogP contribution < -0.4 is 16.0 Å². The molecule has 4 fully saturated rings. The van der Waals surface area contributed by atoms with Crippen molar-refractivity contribution in [3.05, 3.63) is 35.9 Å². The van der Waals surface area contributed by atoms with Gasteiger partial charge in [-0.2, -0.15) is 0 Å². The van der Waals surface area contributed by atoms with Gasteiger partial charge in [0.15, 0.2) is 18.7 Å². The second-order valence-corrected chi connectivity index (χ2v) is 19.8. The Balaban J connectivity index is 1.09. The molecule has 1 aromatic carbocycles. The minimum atomic E-state index is -1.69. The van der Waals surface area contributed by atoms with Gasteiger partial charge in [-0.25, -0.2) is 4.79 Å². The predicted octanol–water partition coefficient (Wildman–Crippen LogP) is -0.156. The first kappa shape index (κ1) is 62.8. The third-order valence-electron chi connectivity index (χ3n) is 14.1. The zero-order valence-electron chi connectivity index (χ0n) is 44.0. The summed E-state index contributed by atoms with van der Waals surface area (Å²) in [5, 5.41) is 72.5. The molecule has 9 N–H and O–H groups in total. The molecule has 0 spiro atoms. The number of aliphatic carboxylic acids is 1. The van der Waals surface area contributed by atoms with Crippen molar-refractivity contribution in [3.63, 3.8) is 0 Å². The van der Waals surface area contributed by atoms with E-state index in [0.717, 1.165) is 37.7 Å². The first-order valence-electron chi connectivity index (χ1n) is 26.7. The number of carboxylic acid groups (broad SMARTS) is 1. The molecule has 9 unspecified atom stereocenters. The predicted molar refractivity (Wildman–Crippen MR) is 266 cm³/mol. The minimum Gasteiger partial charge on any atom is -0.479 e. The molecule has 2 aliphatic carbocycles. The van der Waals surface area contributed by atoms with Crippen molar-refractivity contribution in [2.45, 2.75) is 171 Å². The second-order valence-electron chi connectivity index (χ2n) is 19.8. The number of carbonyl (C=O) groups excluding carboxylic acids is 4. The highest BCUT2D eigenvalue weighted by Gasteiger charge is 2.53. The van der Waals surface area contributed by atoms with Gasteiger partial charge in [0.2, 0.25) is 17.7 Å². The van der Waals surface area contributed by atoms with Crippen molar-refractivity contribution >= 4 is 29.7 Å². The molecule has 4 aliphatic rings. The zero-order valence-corrected chi connectivity index (χ0v) is 44.0. The van der Waals surface area contributed by atoms with Gasteiger partial charge in [-0.1, -0.05) is 75.8 Å². The zero-order chi connectivity index (χ0) is 55.0. The largest absolute Gasteiger partial charge is 0.479 e. The number of rotatable bonds is 32. The maximum Gasteiger partial charge on any atom is 0.332 e. The number of nitrogens with one attached hydrogen (secondary N) is 3. The van der Waals surface area contributed by atoms with Crippen molar-refractivity contribution in [2.24, 2.45) is 17.8 Å². The van der Waals surface area contributed by atoms with Crippen molar-refractivity contribution in [2.75, 3.05) is 72.6 Å². The van der Waals surface area contributed by atoms with Crippen molar-refractivity contribution in [1.29, 1.82) is 0 Å². The molecule has 432 valence electrons. The molecule has 0 bridgehead atoms. The van der Waals surface area contributed by atoms with Gasteiger partial charge >= 0.3 is 11.9 Å². The van der Waals surface area contributed by atoms with Crippen molar-refractivity contribution in [1.82, 2.24) is 16.0 Å². The first-order chi connectivity index (χ1) is 36.6. The number of hydrogen-bond acceptors (Lipinski definition) is 20. The van der Waals surface area contributed by atoms with E-state index < -0.39 is 116 Å². The summed E-state index contributed by atoms with van der Waals surface area (Å²) in [7, 11) is 0. The third-order valence-corrected chi connectivity index (χ3v) is 14.1. The van der Waals surface area contributed by atoms with Gasteiger partial charge < -0.3 is 94.0 Å². The monoisotopic (exact) mass is 1090 g/mol. The van der Waals surface area contributed by atoms with Gasteiger partial charge in [-0.15, -0.1) is 0 Å². The lowest BCUT2D eigenvalue weighted by Gasteiger charge is -2.49. The van der Waals surface area contributed by atoms with Crippen LogP contribution in [-0.2, 0) is 77.9 Å². The van der Waals surface area contributed by atoms with Crippen molar-refractivity contribution in [3.8, 4) is 0 Å². The van der Waals surface area contributed by atoms with E-state index in [9.17, 15) is 54.6 Å². The van der Waals surface area contributed by atoms with E-state index in [1.807, 2.05) is 37.3 Å². The molecular formula is C52H83N3O21. The van der Waals surface area contributed by atoms with Crippen LogP contribution in [0.1, 0.15) is 90.5 Å². The Labute approximate surface area is 444 Å². The summed E-state index contributed by atoms with van der Waals surface area (Å²) in [5.41, 5.74) is 0.910. The number of aliphatic hydroxyl groups is 5. The second kappa shape index (κ2) is 33.4. The van der Waals surface area contributed by atoms with Crippen LogP contribution in [0.5, 0.6) is 0 Å². The average Bonchev–Trinajstić information content (AvgIpc) is 3.41. The lowest BCUT2D eigenvalue weighted by atomic mass is 9.75. The number of benzene rings is 1. The van der Waals surface area contributed by atoms with Crippen molar-refractivity contribution < 1.29 is 102 Å². The van der Waals surface area contributed by atoms with Crippen LogP contribution in [0.25, 0.3) is 0 Å². The quantitative estimate of drug-likeness (QED) is 0.0334. The lowest BCUT2D eigenvalue weighted by Crippen LogP contribution is -2.67. The standard InChI is InChI=1S/C52H83N3O21/c1-4-35-26-36(49(64)54-17-16-53-40(58)30-70-24-23-69-22-21-68-20-19-67-18-15-41(59)71-29-34-13-9-6-10-14-34)27-37(47(35)76-52-46(63)45(62)43(60)31(2)72-52)74-51-42(55-32(3)57)48(44(61)39(28-56)75-51)73-38(50(65)66)25-33-11-7-5-8-12-33/h6,9-10,13-14,31,33,35-39,42-48,51-52,56,60-63H,4-5,7-8,11-12,15-30H2,1-3H3,(H,53,58)(H,54,64)(H,55,57)(H,65,66)/t31?,35?,36?,37-,38+,39?,42?,43-,44+,45?,46?,47?,48?,51-,52+/m1/s1. The highest BCUT2D eigenvalue weighted by atomic mass is 16.7. The van der Waals surface area contributed by atoms with Crippen LogP contribution in [0.15, 0.2) is 30.3 Å². The molecule has 0 aromatic heterocycles. The highest BCUT2D eigenvalue weighted by Crippen LogP contribution is 2.40. The lowest BCUT2D eigenvalue weighted by molar-refractivity contribution is -0.338. The summed E-state index contributed by atoms with van der Waals surface area (Å²) in [6, 6.07) is 8.05. The topological polar surface area (TPSA) is 335 Å². The molecule has 2 saturated carbocycles. The number of ether oxygens (including phenoxy) is 10. The molecule has 2 heterocycles. The normalized spacial score (nSPS) is 30.5. The smallest absolute Gasteiger partial charge is 0.332 e. The fourth-order valence-electron chi connectivity index (χ4n) is 9.95. The number of aliphatic hydroxyl groups excluding tert-OH is 5. The Kier molecular flexibility index (Phi) is 27.7. The van der Waals surface area contributed by atoms with E-state index in [-0.39, 0.29) is 89.6 Å². The summed E-state index contributed by atoms with van der Waals surface area (Å²) in [5.74, 6) is -4.16. The summed E-state index contributed by atoms with van der Waals surface area (Å²) in [4.78, 5) is 63.7. The van der Waals surface area contributed by atoms with E-state index in [0.29, 0.717) is 32.8 Å². The number of esters is 1. The van der Waals surface area contributed by atoms with E-state index in [1.165, 1.54) is 13.8 Å². The van der Waals surface area contributed by atoms with Crippen LogP contribution in [0.3, 0.4) is 0 Å². The van der Waals surface area contributed by atoms with E-state index in [2.05, 4.69) is 16.0 Å². The minimum absolute atomic E-state index is 0.0428. The maximum atomic E-state index is 13.9. The average molecular weight is 1090 g/mol. The van der Waals surface area contributed by atoms with Gasteiger partial charge in [0.25, 0.3) is 0 Å². The Morgan fingerprint density at radius 3 is 2.05 bits per heavy atom. The summed E-state index contributed by atoms with van der Waals surface area (Å²) >= 11 is 0. The molecule has 15 atom stereocenters. The Morgan fingerprint density at radius 1 is 0.750 bits per heavy atom. The fourth-order valence-corrected chi connectivity index (χ4v) is 9.95. The highest BCUT2D eigenvalue weighted by molar-refractivity contribution is 5.79. The first-order valence-corrected chi connectivity index (χ1v) is 26.7. The van der Waals surface area contributed by atoms with E-state index in [4.69, 9.17) is 47.4 Å². The summed E-state index contributed by atoms with van der Waals surface area (Å²) < 4.78 is 58.1. The molecule has 3 amide bonds. The van der Waals surface area contributed by atoms with Crippen LogP contribution in [0.2, 0.25) is 0 Å². The molecular weight excluding hydrogens is 1000 g/mol. The molecule has 2 aliphatic heterocycles. The van der Waals surface area contributed by atoms with Gasteiger partial charge in [0, 0.05) is 25.9 Å². The Hall–Kier alpha value is -3.99. The van der Waals surface area contributed by atoms with Gasteiger partial charge in [0.1, 0.15) is 55.9 Å². The molecule has 2 saturated heterocycles. The van der Waals surface area contributed by atoms with Crippen LogP contribution in [-0.4, -0.2) is 213 Å². The van der Waals surface area contributed by atoms with Gasteiger partial charge in [-0.3, -0.25) is 19.2 Å². The van der Waals surface area contributed by atoms with Gasteiger partial charge in [-0.05, 0) is 43.6 Å². The molecule has 0 radical (unpaired) electrons. The third kappa shape index (κ3) is 20.3. The molecule has 5 rings (SSSR count). The van der Waals surface area contributed by atoms with Gasteiger partial charge in [0.05, 0.1) is 77.6 Å². The summed E-state index contributed by atoms with van der Waals surface area (Å²) in [6.45, 7) is 5.71. The maximum absolute atomic E-state index is 13.9. The van der Waals surface area contributed by atoms with Crippen LogP contribution in [0, 0.1) is 17.8 Å². The summed E-state index contributed by atoms with van der Waals surface area (Å²) in [6.07, 6.45) is -11.1. The fraction of sp³-hybridized carbons (Fsp3) is 0.788. The number of amides is 3. The molecule has 76 heavy (non-hydrogen) atoms. The Morgan fingerprint density at radius 2 is 1.41 bits per heavy atom. The number of carboxylic acids is 1. The molecule has 1 aromatic rings. The SMILES string of the molecule is CCC1CC(C(=O)NCCNC(=O)COCCOCCOCCOCCC(=O)OCc2ccccc2)C[C@@H](O[C@@H]2OC(CO)[C@H](O)C(O[C@@H](CC3CCCCC3)C(=O)O)C2NC(C)=O)C1O[C@@H]1OC(C)[C@@H](O)C(O)C1O. The number of hydrogen-bond donors (Lipinski definition) is 9. The van der Waals surface area contributed by atoms with Crippen LogP contribution >= 0.6 is 0 Å². The van der Waals surface area contributed by atoms with Crippen LogP contribution in [0.4, 0.5) is 0 Å².